The monoisotopic (exact) mass is 454 g/mol. The van der Waals surface area contributed by atoms with Gasteiger partial charge in [-0.15, -0.1) is 0 Å². The molecule has 172 valence electrons. The number of hydrogen-bond acceptors (Lipinski definition) is 6. The minimum absolute atomic E-state index is 0.00881. The Labute approximate surface area is 197 Å². The van der Waals surface area contributed by atoms with E-state index in [2.05, 4.69) is 16.5 Å². The van der Waals surface area contributed by atoms with E-state index in [0.717, 1.165) is 59.7 Å². The molecule has 2 aromatic heterocycles. The third-order valence-corrected chi connectivity index (χ3v) is 6.20. The molecule has 1 aliphatic rings. The summed E-state index contributed by atoms with van der Waals surface area (Å²) in [5.41, 5.74) is 8.64. The summed E-state index contributed by atoms with van der Waals surface area (Å²) in [6.07, 6.45) is 4.66. The van der Waals surface area contributed by atoms with Gasteiger partial charge in [0.25, 0.3) is 0 Å². The second-order valence-electron chi connectivity index (χ2n) is 8.40. The Morgan fingerprint density at radius 1 is 1.06 bits per heavy atom. The summed E-state index contributed by atoms with van der Waals surface area (Å²) in [5.74, 6) is 2.31. The topological polar surface area (TPSA) is 99.2 Å². The number of para-hydroxylation sites is 1. The summed E-state index contributed by atoms with van der Waals surface area (Å²) in [7, 11) is 0. The van der Waals surface area contributed by atoms with Crippen molar-refractivity contribution in [2.75, 3.05) is 18.8 Å². The number of piperidine rings is 1. The average molecular weight is 455 g/mol. The Bertz CT molecular complexity index is 1310. The maximum absolute atomic E-state index is 11.9. The molecular weight excluding hydrogens is 428 g/mol. The van der Waals surface area contributed by atoms with Gasteiger partial charge in [0.05, 0.1) is 5.39 Å². The molecule has 0 aliphatic carbocycles. The first-order chi connectivity index (χ1) is 16.6. The zero-order valence-electron chi connectivity index (χ0n) is 18.8. The number of rotatable bonds is 6. The van der Waals surface area contributed by atoms with E-state index in [1.165, 1.54) is 12.4 Å². The van der Waals surface area contributed by atoms with Crippen LogP contribution < -0.4 is 10.5 Å². The largest absolute Gasteiger partial charge is 0.457 e. The van der Waals surface area contributed by atoms with Crippen LogP contribution in [0.1, 0.15) is 12.8 Å². The smallest absolute Gasteiger partial charge is 0.245 e. The predicted octanol–water partition coefficient (Wildman–Crippen LogP) is 4.29. The number of ether oxygens (including phenoxy) is 1. The normalized spacial score (nSPS) is 14.3. The third kappa shape index (κ3) is 4.34. The number of anilines is 1. The fourth-order valence-electron chi connectivity index (χ4n) is 4.37. The Balaban J connectivity index is 1.39. The number of aromatic nitrogens is 4. The van der Waals surface area contributed by atoms with Crippen molar-refractivity contribution in [3.63, 3.8) is 0 Å². The Hall–Kier alpha value is -4.20. The van der Waals surface area contributed by atoms with Crippen molar-refractivity contribution in [1.29, 1.82) is 0 Å². The van der Waals surface area contributed by atoms with Crippen LogP contribution in [0.5, 0.6) is 11.5 Å². The van der Waals surface area contributed by atoms with Crippen LogP contribution in [0.2, 0.25) is 0 Å². The van der Waals surface area contributed by atoms with Crippen LogP contribution in [0, 0.1) is 5.92 Å². The summed E-state index contributed by atoms with van der Waals surface area (Å²) >= 11 is 0. The molecule has 8 nitrogen and oxygen atoms in total. The lowest BCUT2D eigenvalue weighted by Crippen LogP contribution is -2.38. The fourth-order valence-corrected chi connectivity index (χ4v) is 4.37. The zero-order chi connectivity index (χ0) is 23.5. The number of hydrogen-bond donors (Lipinski definition) is 1. The molecule has 1 amide bonds. The summed E-state index contributed by atoms with van der Waals surface area (Å²) in [5, 5.41) is 5.64. The van der Waals surface area contributed by atoms with Crippen molar-refractivity contribution >= 4 is 22.8 Å². The van der Waals surface area contributed by atoms with Gasteiger partial charge in [0.1, 0.15) is 29.3 Å². The molecule has 0 radical (unpaired) electrons. The van der Waals surface area contributed by atoms with E-state index in [0.29, 0.717) is 18.3 Å². The highest BCUT2D eigenvalue weighted by Gasteiger charge is 2.24. The van der Waals surface area contributed by atoms with E-state index < -0.39 is 0 Å². The Kier molecular flexibility index (Phi) is 5.95. The molecule has 2 N–H and O–H groups in total. The van der Waals surface area contributed by atoms with Crippen LogP contribution in [0.15, 0.2) is 73.6 Å². The van der Waals surface area contributed by atoms with Gasteiger partial charge in [0.15, 0.2) is 5.65 Å². The summed E-state index contributed by atoms with van der Waals surface area (Å²) in [6, 6.07) is 17.4. The third-order valence-electron chi connectivity index (χ3n) is 6.20. The standard InChI is InChI=1S/C26H26N6O2/c1-2-22(33)31-14-12-18(13-15-31)16-32-26-23(25(27)28-17-29-26)24(30-32)19-8-10-21(11-9-19)34-20-6-4-3-5-7-20/h2-11,17-18H,1,12-16H2,(H2,27,28,29). The number of nitrogens with two attached hydrogens (primary N) is 1. The van der Waals surface area contributed by atoms with Gasteiger partial charge in [-0.1, -0.05) is 24.8 Å². The zero-order valence-corrected chi connectivity index (χ0v) is 18.8. The van der Waals surface area contributed by atoms with Crippen molar-refractivity contribution in [3.05, 3.63) is 73.6 Å². The van der Waals surface area contributed by atoms with Gasteiger partial charge in [-0.25, -0.2) is 14.6 Å². The molecule has 1 saturated heterocycles. The first kappa shape index (κ1) is 21.6. The molecule has 0 unspecified atom stereocenters. The number of amides is 1. The summed E-state index contributed by atoms with van der Waals surface area (Å²) in [6.45, 7) is 5.74. The van der Waals surface area contributed by atoms with Crippen LogP contribution >= 0.6 is 0 Å². The van der Waals surface area contributed by atoms with Crippen LogP contribution in [0.4, 0.5) is 5.82 Å². The molecule has 0 spiro atoms. The molecular formula is C26H26N6O2. The lowest BCUT2D eigenvalue weighted by atomic mass is 9.97. The second-order valence-corrected chi connectivity index (χ2v) is 8.40. The quantitative estimate of drug-likeness (QED) is 0.436. The average Bonchev–Trinajstić information content (AvgIpc) is 3.24. The molecule has 0 atom stereocenters. The van der Waals surface area contributed by atoms with Crippen molar-refractivity contribution < 1.29 is 9.53 Å². The first-order valence-corrected chi connectivity index (χ1v) is 11.3. The van der Waals surface area contributed by atoms with Gasteiger partial charge < -0.3 is 15.4 Å². The number of carbonyl (C=O) groups excluding carboxylic acids is 1. The molecule has 1 fully saturated rings. The van der Waals surface area contributed by atoms with Crippen LogP contribution in [-0.2, 0) is 11.3 Å². The van der Waals surface area contributed by atoms with E-state index in [4.69, 9.17) is 15.6 Å². The molecule has 34 heavy (non-hydrogen) atoms. The van der Waals surface area contributed by atoms with Crippen LogP contribution in [0.25, 0.3) is 22.3 Å². The highest BCUT2D eigenvalue weighted by atomic mass is 16.5. The summed E-state index contributed by atoms with van der Waals surface area (Å²) in [4.78, 5) is 22.4. The van der Waals surface area contributed by atoms with Crippen LogP contribution in [-0.4, -0.2) is 43.6 Å². The van der Waals surface area contributed by atoms with E-state index >= 15 is 0 Å². The molecule has 0 bridgehead atoms. The van der Waals surface area contributed by atoms with E-state index in [-0.39, 0.29) is 5.91 Å². The van der Waals surface area contributed by atoms with Crippen molar-refractivity contribution in [3.8, 4) is 22.8 Å². The fraction of sp³-hybridized carbons (Fsp3) is 0.231. The second kappa shape index (κ2) is 9.35. The molecule has 3 heterocycles. The lowest BCUT2D eigenvalue weighted by molar-refractivity contribution is -0.127. The number of benzene rings is 2. The Morgan fingerprint density at radius 3 is 2.47 bits per heavy atom. The van der Waals surface area contributed by atoms with Crippen LogP contribution in [0.3, 0.4) is 0 Å². The van der Waals surface area contributed by atoms with Gasteiger partial charge in [-0.2, -0.15) is 5.10 Å². The maximum Gasteiger partial charge on any atom is 0.245 e. The molecule has 8 heteroatoms. The number of carbonyl (C=O) groups is 1. The highest BCUT2D eigenvalue weighted by Crippen LogP contribution is 2.33. The maximum atomic E-state index is 11.9. The van der Waals surface area contributed by atoms with Gasteiger partial charge in [-0.3, -0.25) is 4.79 Å². The molecule has 2 aromatic carbocycles. The predicted molar refractivity (Wildman–Crippen MR) is 131 cm³/mol. The van der Waals surface area contributed by atoms with Gasteiger partial charge in [0.2, 0.25) is 5.91 Å². The van der Waals surface area contributed by atoms with E-state index in [1.54, 1.807) is 0 Å². The van der Waals surface area contributed by atoms with E-state index in [9.17, 15) is 4.79 Å². The number of nitrogens with zero attached hydrogens (tertiary/aromatic N) is 5. The Morgan fingerprint density at radius 2 is 1.76 bits per heavy atom. The van der Waals surface area contributed by atoms with Crippen molar-refractivity contribution in [1.82, 2.24) is 24.6 Å². The lowest BCUT2D eigenvalue weighted by Gasteiger charge is -2.31. The number of nitrogen functional groups attached to an aromatic ring is 1. The van der Waals surface area contributed by atoms with Gasteiger partial charge >= 0.3 is 0 Å². The van der Waals surface area contributed by atoms with Gasteiger partial charge in [-0.05, 0) is 61.2 Å². The minimum Gasteiger partial charge on any atom is -0.457 e. The molecule has 5 rings (SSSR count). The highest BCUT2D eigenvalue weighted by molar-refractivity contribution is 5.98. The SMILES string of the molecule is C=CC(=O)N1CCC(Cn2nc(-c3ccc(Oc4ccccc4)cc3)c3c(N)ncnc32)CC1. The number of likely N-dealkylation sites (tertiary alicyclic amines) is 1. The minimum atomic E-state index is -0.00881. The van der Waals surface area contributed by atoms with Gasteiger partial charge in [0, 0.05) is 25.2 Å². The van der Waals surface area contributed by atoms with E-state index in [1.807, 2.05) is 64.2 Å². The molecule has 0 saturated carbocycles. The molecule has 4 aromatic rings. The molecule has 1 aliphatic heterocycles. The van der Waals surface area contributed by atoms with Crippen molar-refractivity contribution in [2.24, 2.45) is 5.92 Å². The first-order valence-electron chi connectivity index (χ1n) is 11.3. The number of fused-ring (bicyclic) bond motifs is 1. The van der Waals surface area contributed by atoms with Crippen molar-refractivity contribution in [2.45, 2.75) is 19.4 Å². The summed E-state index contributed by atoms with van der Waals surface area (Å²) < 4.78 is 7.83.